The Morgan fingerprint density at radius 2 is 2.11 bits per heavy atom. The third kappa shape index (κ3) is 4.19. The van der Waals surface area contributed by atoms with Crippen molar-refractivity contribution in [3.63, 3.8) is 0 Å². The van der Waals surface area contributed by atoms with Crippen molar-refractivity contribution in [3.05, 3.63) is 52.6 Å². The molecule has 1 saturated heterocycles. The van der Waals surface area contributed by atoms with Crippen LogP contribution in [0, 0.1) is 5.82 Å². The van der Waals surface area contributed by atoms with E-state index in [2.05, 4.69) is 15.7 Å². The van der Waals surface area contributed by atoms with Crippen molar-refractivity contribution < 1.29 is 31.9 Å². The number of alkyl halides is 3. The van der Waals surface area contributed by atoms with Gasteiger partial charge in [0.15, 0.2) is 6.10 Å². The van der Waals surface area contributed by atoms with E-state index in [-0.39, 0.29) is 22.7 Å². The molecule has 1 aliphatic heterocycles. The summed E-state index contributed by atoms with van der Waals surface area (Å²) in [4.78, 5) is 23.5. The van der Waals surface area contributed by atoms with Crippen molar-refractivity contribution in [1.29, 1.82) is 0 Å². The maximum absolute atomic E-state index is 13.5. The Morgan fingerprint density at radius 1 is 1.36 bits per heavy atom. The van der Waals surface area contributed by atoms with Gasteiger partial charge in [0.2, 0.25) is 0 Å². The first-order valence-electron chi connectivity index (χ1n) is 7.92. The van der Waals surface area contributed by atoms with Gasteiger partial charge in [0.25, 0.3) is 18.6 Å². The smallest absolute Gasteiger partial charge is 0.408 e. The number of hydrogen-bond acceptors (Lipinski definition) is 4. The summed E-state index contributed by atoms with van der Waals surface area (Å²) in [6.45, 7) is -0.0707. The number of benzene rings is 1. The lowest BCUT2D eigenvalue weighted by atomic mass is 10.0. The van der Waals surface area contributed by atoms with E-state index in [9.17, 15) is 27.2 Å². The molecule has 3 atom stereocenters. The molecule has 2 aromatic rings. The molecule has 1 aromatic carbocycles. The van der Waals surface area contributed by atoms with Crippen LogP contribution in [0.2, 0.25) is 5.02 Å². The van der Waals surface area contributed by atoms with E-state index < -0.39 is 42.7 Å². The second-order valence-corrected chi connectivity index (χ2v) is 6.26. The van der Waals surface area contributed by atoms with Crippen LogP contribution in [-0.2, 0) is 9.53 Å². The van der Waals surface area contributed by atoms with E-state index in [0.29, 0.717) is 4.68 Å². The minimum atomic E-state index is -3.30. The normalized spacial score (nSPS) is 18.5. The molecule has 2 heterocycles. The van der Waals surface area contributed by atoms with Gasteiger partial charge in [-0.15, -0.1) is 0 Å². The summed E-state index contributed by atoms with van der Waals surface area (Å²) in [5, 5.41) is 8.15. The number of rotatable bonds is 6. The van der Waals surface area contributed by atoms with Crippen LogP contribution >= 0.6 is 11.6 Å². The van der Waals surface area contributed by atoms with E-state index in [0.717, 1.165) is 18.5 Å². The molecular formula is C16H13ClF4N4O3. The lowest BCUT2D eigenvalue weighted by molar-refractivity contribution is -0.128. The lowest BCUT2D eigenvalue weighted by Gasteiger charge is -2.20. The number of amides is 2. The predicted molar refractivity (Wildman–Crippen MR) is 88.0 cm³/mol. The number of halogens is 5. The van der Waals surface area contributed by atoms with E-state index >= 15 is 0 Å². The van der Waals surface area contributed by atoms with E-state index in [4.69, 9.17) is 16.3 Å². The van der Waals surface area contributed by atoms with Gasteiger partial charge in [-0.25, -0.2) is 27.0 Å². The second kappa shape index (κ2) is 8.05. The number of nitrogens with zero attached hydrogens (tertiary/aromatic N) is 2. The van der Waals surface area contributed by atoms with Crippen LogP contribution in [0.25, 0.3) is 0 Å². The third-order valence-electron chi connectivity index (χ3n) is 3.95. The molecule has 0 spiro atoms. The molecule has 2 unspecified atom stereocenters. The molecule has 12 heteroatoms. The Kier molecular flexibility index (Phi) is 5.73. The molecule has 0 bridgehead atoms. The maximum atomic E-state index is 13.5. The first kappa shape index (κ1) is 19.9. The highest BCUT2D eigenvalue weighted by molar-refractivity contribution is 6.30. The number of ether oxygens (including phenoxy) is 1. The van der Waals surface area contributed by atoms with E-state index in [1.807, 2.05) is 0 Å². The van der Waals surface area contributed by atoms with Crippen LogP contribution in [-0.4, -0.2) is 40.9 Å². The summed E-state index contributed by atoms with van der Waals surface area (Å²) in [5.41, 5.74) is 0.417. The molecule has 1 fully saturated rings. The van der Waals surface area contributed by atoms with Crippen molar-refractivity contribution >= 4 is 23.6 Å². The fourth-order valence-corrected chi connectivity index (χ4v) is 2.76. The second-order valence-electron chi connectivity index (χ2n) is 5.85. The number of carbonyl (C=O) groups excluding carboxylic acids is 2. The van der Waals surface area contributed by atoms with Gasteiger partial charge in [0.05, 0.1) is 23.8 Å². The molecule has 28 heavy (non-hydrogen) atoms. The summed E-state index contributed by atoms with van der Waals surface area (Å²) in [7, 11) is 0. The Morgan fingerprint density at radius 3 is 2.71 bits per heavy atom. The van der Waals surface area contributed by atoms with Crippen LogP contribution in [0.4, 0.5) is 22.4 Å². The summed E-state index contributed by atoms with van der Waals surface area (Å²) >= 11 is 5.78. The van der Waals surface area contributed by atoms with Gasteiger partial charge in [-0.1, -0.05) is 17.7 Å². The highest BCUT2D eigenvalue weighted by Crippen LogP contribution is 2.28. The zero-order valence-electron chi connectivity index (χ0n) is 13.9. The zero-order valence-corrected chi connectivity index (χ0v) is 14.7. The van der Waals surface area contributed by atoms with Crippen LogP contribution in [0.15, 0.2) is 30.6 Å². The molecule has 3 rings (SSSR count). The minimum absolute atomic E-state index is 0.0707. The van der Waals surface area contributed by atoms with Crippen molar-refractivity contribution in [2.24, 2.45) is 0 Å². The number of aromatic nitrogens is 2. The number of alkyl carbamates (subject to hydrolysis) is 1. The van der Waals surface area contributed by atoms with Gasteiger partial charge < -0.3 is 15.4 Å². The first-order chi connectivity index (χ1) is 13.3. The van der Waals surface area contributed by atoms with E-state index in [1.165, 1.54) is 12.1 Å². The standard InChI is InChI=1S/C16H13ClF4N4O3/c17-9-3-7(1-2-10(9)18)12(24-15(26)11-5-22-16(27)28-11)8-4-23-25(6-8)14(21)13(19)20/h1-4,6,11-14H,5H2,(H,22,27)(H,24,26)/t11?,12-,14?/m1/s1. The molecule has 0 aliphatic carbocycles. The minimum Gasteiger partial charge on any atom is -0.434 e. The predicted octanol–water partition coefficient (Wildman–Crippen LogP) is 2.72. The first-order valence-corrected chi connectivity index (χ1v) is 8.30. The number of nitrogens with one attached hydrogen (secondary N) is 2. The van der Waals surface area contributed by atoms with Crippen molar-refractivity contribution in [2.75, 3.05) is 6.54 Å². The Balaban J connectivity index is 1.91. The van der Waals surface area contributed by atoms with Crippen LogP contribution in [0.3, 0.4) is 0 Å². The fraction of sp³-hybridized carbons (Fsp3) is 0.312. The summed E-state index contributed by atoms with van der Waals surface area (Å²) < 4.78 is 57.4. The summed E-state index contributed by atoms with van der Waals surface area (Å²) in [5.74, 6) is -1.41. The van der Waals surface area contributed by atoms with Gasteiger partial charge in [-0.05, 0) is 17.7 Å². The summed E-state index contributed by atoms with van der Waals surface area (Å²) in [6, 6.07) is 2.54. The van der Waals surface area contributed by atoms with Gasteiger partial charge in [-0.2, -0.15) is 5.10 Å². The topological polar surface area (TPSA) is 85.3 Å². The van der Waals surface area contributed by atoms with Gasteiger partial charge in [0.1, 0.15) is 5.82 Å². The van der Waals surface area contributed by atoms with Gasteiger partial charge in [0, 0.05) is 11.8 Å². The molecule has 1 aromatic heterocycles. The highest BCUT2D eigenvalue weighted by Gasteiger charge is 2.32. The van der Waals surface area contributed by atoms with Gasteiger partial charge in [-0.3, -0.25) is 4.79 Å². The molecule has 0 radical (unpaired) electrons. The number of carbonyl (C=O) groups is 2. The quantitative estimate of drug-likeness (QED) is 0.704. The van der Waals surface area contributed by atoms with Crippen molar-refractivity contribution in [2.45, 2.75) is 24.9 Å². The Hall–Kier alpha value is -2.82. The Bertz CT molecular complexity index is 895. The fourth-order valence-electron chi connectivity index (χ4n) is 2.57. The molecule has 7 nitrogen and oxygen atoms in total. The number of cyclic esters (lactones) is 1. The molecule has 1 aliphatic rings. The highest BCUT2D eigenvalue weighted by atomic mass is 35.5. The lowest BCUT2D eigenvalue weighted by Crippen LogP contribution is -2.39. The van der Waals surface area contributed by atoms with E-state index in [1.54, 1.807) is 0 Å². The molecule has 150 valence electrons. The summed E-state index contributed by atoms with van der Waals surface area (Å²) in [6.07, 6.45) is -5.82. The average Bonchev–Trinajstić information content (AvgIpc) is 3.30. The molecule has 2 amide bonds. The zero-order chi connectivity index (χ0) is 20.4. The molecule has 2 N–H and O–H groups in total. The molecular weight excluding hydrogens is 408 g/mol. The average molecular weight is 421 g/mol. The van der Waals surface area contributed by atoms with Crippen LogP contribution in [0.1, 0.15) is 23.5 Å². The largest absolute Gasteiger partial charge is 0.434 e. The third-order valence-corrected chi connectivity index (χ3v) is 4.24. The van der Waals surface area contributed by atoms with Crippen LogP contribution < -0.4 is 10.6 Å². The van der Waals surface area contributed by atoms with Gasteiger partial charge >= 0.3 is 6.09 Å². The van der Waals surface area contributed by atoms with Crippen molar-refractivity contribution in [1.82, 2.24) is 20.4 Å². The van der Waals surface area contributed by atoms with Crippen LogP contribution in [0.5, 0.6) is 0 Å². The van der Waals surface area contributed by atoms with Crippen molar-refractivity contribution in [3.8, 4) is 0 Å². The molecule has 0 saturated carbocycles. The SMILES string of the molecule is O=C1NCC(C(=O)N[C@H](c2ccc(F)c(Cl)c2)c2cnn(C(F)C(F)F)c2)O1. The maximum Gasteiger partial charge on any atom is 0.408 e. The number of hydrogen-bond donors (Lipinski definition) is 2. The Labute approximate surface area is 160 Å². The monoisotopic (exact) mass is 420 g/mol.